The van der Waals surface area contributed by atoms with Crippen LogP contribution in [0, 0.1) is 0 Å². The van der Waals surface area contributed by atoms with E-state index >= 15 is 0 Å². The largest absolute Gasteiger partial charge is 0.0733 e. The van der Waals surface area contributed by atoms with Crippen molar-refractivity contribution in [3.8, 4) is 11.1 Å². The molecule has 0 spiro atoms. The predicted octanol–water partition coefficient (Wildman–Crippen LogP) is 3.63. The first-order valence-corrected chi connectivity index (χ1v) is 7.22. The SMILES string of the molecule is CC(C)(C)[SiH]c1ccccc1-c1ccccc1. The highest BCUT2D eigenvalue weighted by molar-refractivity contribution is 6.58. The second kappa shape index (κ2) is 4.88. The number of hydrogen-bond donors (Lipinski definition) is 0. The van der Waals surface area contributed by atoms with Crippen LogP contribution in [0.5, 0.6) is 0 Å². The fraction of sp³-hybridized carbons (Fsp3) is 0.250. The Morgan fingerprint density at radius 1 is 0.765 bits per heavy atom. The molecular weight excluding hydrogens is 220 g/mol. The quantitative estimate of drug-likeness (QED) is 0.702. The van der Waals surface area contributed by atoms with Crippen LogP contribution in [0.2, 0.25) is 5.04 Å². The Kier molecular flexibility index (Phi) is 3.48. The minimum absolute atomic E-state index is 0.296. The number of hydrogen-bond acceptors (Lipinski definition) is 0. The molecule has 2 aromatic rings. The van der Waals surface area contributed by atoms with E-state index in [2.05, 4.69) is 75.4 Å². The standard InChI is InChI=1S/C16H19Si/c1-16(2,3)17-15-12-8-7-11-14(15)13-9-5-4-6-10-13/h4-12,17H,1-3H3. The average Bonchev–Trinajstić information content (AvgIpc) is 2.29. The van der Waals surface area contributed by atoms with Gasteiger partial charge < -0.3 is 0 Å². The summed E-state index contributed by atoms with van der Waals surface area (Å²) in [6.07, 6.45) is 0. The first-order chi connectivity index (χ1) is 8.06. The van der Waals surface area contributed by atoms with E-state index in [9.17, 15) is 0 Å². The molecule has 2 rings (SSSR count). The normalized spacial score (nSPS) is 11.5. The van der Waals surface area contributed by atoms with Crippen molar-refractivity contribution >= 4 is 14.7 Å². The lowest BCUT2D eigenvalue weighted by Gasteiger charge is -2.19. The van der Waals surface area contributed by atoms with Crippen molar-refractivity contribution in [3.63, 3.8) is 0 Å². The molecule has 0 aliphatic carbocycles. The molecule has 0 amide bonds. The monoisotopic (exact) mass is 239 g/mol. The molecule has 0 unspecified atom stereocenters. The minimum atomic E-state index is 0.296. The molecule has 1 heteroatoms. The van der Waals surface area contributed by atoms with Crippen molar-refractivity contribution in [2.75, 3.05) is 0 Å². The van der Waals surface area contributed by atoms with Gasteiger partial charge in [0.2, 0.25) is 0 Å². The van der Waals surface area contributed by atoms with Gasteiger partial charge in [-0.15, -0.1) is 0 Å². The molecule has 0 aliphatic rings. The third-order valence-corrected chi connectivity index (χ3v) is 4.31. The lowest BCUT2D eigenvalue weighted by atomic mass is 10.1. The molecule has 17 heavy (non-hydrogen) atoms. The van der Waals surface area contributed by atoms with Crippen molar-refractivity contribution in [1.29, 1.82) is 0 Å². The van der Waals surface area contributed by atoms with Crippen LogP contribution in [0.4, 0.5) is 0 Å². The maximum atomic E-state index is 2.32. The smallest absolute Gasteiger partial charge is 0.0630 e. The van der Waals surface area contributed by atoms with Gasteiger partial charge in [-0.2, -0.15) is 0 Å². The summed E-state index contributed by atoms with van der Waals surface area (Å²) < 4.78 is 0. The Hall–Kier alpha value is -1.34. The molecule has 0 heterocycles. The van der Waals surface area contributed by atoms with Crippen LogP contribution in [-0.4, -0.2) is 9.52 Å². The van der Waals surface area contributed by atoms with Gasteiger partial charge in [0.15, 0.2) is 0 Å². The van der Waals surface area contributed by atoms with Gasteiger partial charge in [-0.3, -0.25) is 0 Å². The van der Waals surface area contributed by atoms with Crippen molar-refractivity contribution in [2.45, 2.75) is 25.8 Å². The molecule has 0 saturated heterocycles. The lowest BCUT2D eigenvalue weighted by Crippen LogP contribution is -2.24. The molecule has 0 bridgehead atoms. The van der Waals surface area contributed by atoms with E-state index in [1.54, 1.807) is 0 Å². The van der Waals surface area contributed by atoms with E-state index in [4.69, 9.17) is 0 Å². The van der Waals surface area contributed by atoms with Gasteiger partial charge >= 0.3 is 0 Å². The van der Waals surface area contributed by atoms with Crippen molar-refractivity contribution in [2.24, 2.45) is 0 Å². The van der Waals surface area contributed by atoms with Crippen LogP contribution < -0.4 is 5.19 Å². The summed E-state index contributed by atoms with van der Waals surface area (Å²) in [6.45, 7) is 6.97. The summed E-state index contributed by atoms with van der Waals surface area (Å²) in [5.41, 5.74) is 2.73. The summed E-state index contributed by atoms with van der Waals surface area (Å²) in [5, 5.41) is 1.93. The Morgan fingerprint density at radius 2 is 1.35 bits per heavy atom. The van der Waals surface area contributed by atoms with E-state index in [0.717, 1.165) is 0 Å². The molecule has 0 aromatic heterocycles. The van der Waals surface area contributed by atoms with Crippen LogP contribution in [0.3, 0.4) is 0 Å². The topological polar surface area (TPSA) is 0 Å². The van der Waals surface area contributed by atoms with Crippen LogP contribution in [0.25, 0.3) is 11.1 Å². The first-order valence-electron chi connectivity index (χ1n) is 6.07. The summed E-state index contributed by atoms with van der Waals surface area (Å²) >= 11 is 0. The number of benzene rings is 2. The zero-order chi connectivity index (χ0) is 12.3. The third-order valence-electron chi connectivity index (χ3n) is 2.63. The lowest BCUT2D eigenvalue weighted by molar-refractivity contribution is 0.759. The molecule has 0 aliphatic heterocycles. The molecule has 1 radical (unpaired) electrons. The van der Waals surface area contributed by atoms with Gasteiger partial charge in [0, 0.05) is 0 Å². The Bertz CT molecular complexity index is 480. The van der Waals surface area contributed by atoms with Crippen LogP contribution in [-0.2, 0) is 0 Å². The number of rotatable bonds is 2. The molecule has 87 valence electrons. The average molecular weight is 239 g/mol. The highest BCUT2D eigenvalue weighted by Gasteiger charge is 2.15. The fourth-order valence-corrected chi connectivity index (χ4v) is 3.53. The van der Waals surface area contributed by atoms with Crippen molar-refractivity contribution in [3.05, 3.63) is 54.6 Å². The maximum Gasteiger partial charge on any atom is 0.0733 e. The highest BCUT2D eigenvalue weighted by Crippen LogP contribution is 2.23. The molecule has 0 N–H and O–H groups in total. The van der Waals surface area contributed by atoms with Crippen LogP contribution in [0.15, 0.2) is 54.6 Å². The molecule has 0 nitrogen and oxygen atoms in total. The first kappa shape index (κ1) is 12.1. The molecule has 2 aromatic carbocycles. The van der Waals surface area contributed by atoms with Gasteiger partial charge in [-0.1, -0.05) is 80.6 Å². The maximum absolute atomic E-state index is 2.32. The fourth-order valence-electron chi connectivity index (χ4n) is 1.97. The Balaban J connectivity index is 2.41. The minimum Gasteiger partial charge on any atom is -0.0630 e. The molecule has 0 atom stereocenters. The van der Waals surface area contributed by atoms with Crippen molar-refractivity contribution in [1.82, 2.24) is 0 Å². The third kappa shape index (κ3) is 3.30. The van der Waals surface area contributed by atoms with Gasteiger partial charge in [0.1, 0.15) is 0 Å². The summed E-state index contributed by atoms with van der Waals surface area (Å²) in [6, 6.07) is 19.5. The second-order valence-corrected chi connectivity index (χ2v) is 8.11. The van der Waals surface area contributed by atoms with E-state index in [0.29, 0.717) is 14.6 Å². The Labute approximate surface area is 107 Å². The van der Waals surface area contributed by atoms with Gasteiger partial charge in [0.05, 0.1) is 9.52 Å². The summed E-state index contributed by atoms with van der Waals surface area (Å²) in [4.78, 5) is 0. The summed E-state index contributed by atoms with van der Waals surface area (Å²) in [7, 11) is 0.296. The zero-order valence-corrected chi connectivity index (χ0v) is 11.9. The predicted molar refractivity (Wildman–Crippen MR) is 78.4 cm³/mol. The van der Waals surface area contributed by atoms with Gasteiger partial charge in [-0.25, -0.2) is 0 Å². The Morgan fingerprint density at radius 3 is 2.00 bits per heavy atom. The van der Waals surface area contributed by atoms with E-state index in [1.807, 2.05) is 0 Å². The second-order valence-electron chi connectivity index (χ2n) is 5.46. The molecule has 0 saturated carbocycles. The zero-order valence-electron chi connectivity index (χ0n) is 10.8. The van der Waals surface area contributed by atoms with E-state index in [1.165, 1.54) is 16.3 Å². The van der Waals surface area contributed by atoms with Crippen LogP contribution in [0.1, 0.15) is 20.8 Å². The molecule has 0 fully saturated rings. The van der Waals surface area contributed by atoms with Crippen molar-refractivity contribution < 1.29 is 0 Å². The molecular formula is C16H19Si. The van der Waals surface area contributed by atoms with Gasteiger partial charge in [0.25, 0.3) is 0 Å². The van der Waals surface area contributed by atoms with E-state index < -0.39 is 0 Å². The van der Waals surface area contributed by atoms with Crippen LogP contribution >= 0.6 is 0 Å². The summed E-state index contributed by atoms with van der Waals surface area (Å²) in [5.74, 6) is 0. The van der Waals surface area contributed by atoms with Gasteiger partial charge in [-0.05, 0) is 16.2 Å². The highest BCUT2D eigenvalue weighted by atomic mass is 28.2. The van der Waals surface area contributed by atoms with E-state index in [-0.39, 0.29) is 0 Å².